The van der Waals surface area contributed by atoms with Crippen molar-refractivity contribution in [3.8, 4) is 17.1 Å². The topological polar surface area (TPSA) is 75.2 Å². The number of hydrogen-bond acceptors (Lipinski definition) is 3. The Morgan fingerprint density at radius 1 is 1.23 bits per heavy atom. The predicted octanol–water partition coefficient (Wildman–Crippen LogP) is 3.31. The molecule has 112 valence electrons. The first-order valence-corrected chi connectivity index (χ1v) is 6.96. The fraction of sp³-hybridized carbons (Fsp3) is 0.176. The van der Waals surface area contributed by atoms with E-state index in [1.165, 1.54) is 0 Å². The number of nitrogens with one attached hydrogen (secondary N) is 1. The zero-order chi connectivity index (χ0) is 15.7. The monoisotopic (exact) mass is 296 g/mol. The number of H-pyrrole nitrogens is 1. The fourth-order valence-electron chi connectivity index (χ4n) is 2.42. The Labute approximate surface area is 127 Å². The van der Waals surface area contributed by atoms with E-state index in [2.05, 4.69) is 9.97 Å². The van der Waals surface area contributed by atoms with Gasteiger partial charge in [0, 0.05) is 5.69 Å². The van der Waals surface area contributed by atoms with Crippen LogP contribution < -0.4 is 4.74 Å². The van der Waals surface area contributed by atoms with E-state index in [0.29, 0.717) is 11.6 Å². The van der Waals surface area contributed by atoms with Crippen LogP contribution in [-0.4, -0.2) is 27.7 Å². The number of aryl methyl sites for hydroxylation is 2. The highest BCUT2D eigenvalue weighted by atomic mass is 16.5. The second-order valence-electron chi connectivity index (χ2n) is 5.14. The van der Waals surface area contributed by atoms with Gasteiger partial charge in [-0.2, -0.15) is 0 Å². The number of fused-ring (bicyclic) bond motifs is 1. The average molecular weight is 296 g/mol. The average Bonchev–Trinajstić information content (AvgIpc) is 2.83. The standard InChI is InChI=1S/C17H16N2O3/c1-10-11(2)19-17(18-10)16-13-6-4-3-5-12(13)7-8-14(16)22-9-15(20)21/h3-8H,9H2,1-2H3,(H,18,19)(H,20,21). The summed E-state index contributed by atoms with van der Waals surface area (Å²) in [6, 6.07) is 11.6. The van der Waals surface area contributed by atoms with Gasteiger partial charge in [0.1, 0.15) is 11.6 Å². The summed E-state index contributed by atoms with van der Waals surface area (Å²) in [6.07, 6.45) is 0. The third-order valence-corrected chi connectivity index (χ3v) is 3.61. The van der Waals surface area contributed by atoms with Gasteiger partial charge in [0.05, 0.1) is 11.3 Å². The van der Waals surface area contributed by atoms with Gasteiger partial charge < -0.3 is 14.8 Å². The number of benzene rings is 2. The second-order valence-corrected chi connectivity index (χ2v) is 5.14. The lowest BCUT2D eigenvalue weighted by Gasteiger charge is -2.11. The zero-order valence-electron chi connectivity index (χ0n) is 12.4. The van der Waals surface area contributed by atoms with Crippen LogP contribution in [0.2, 0.25) is 0 Å². The van der Waals surface area contributed by atoms with Gasteiger partial charge in [-0.25, -0.2) is 9.78 Å². The normalized spacial score (nSPS) is 10.8. The minimum Gasteiger partial charge on any atom is -0.481 e. The molecule has 22 heavy (non-hydrogen) atoms. The van der Waals surface area contributed by atoms with Crippen LogP contribution in [0.5, 0.6) is 5.75 Å². The van der Waals surface area contributed by atoms with Crippen molar-refractivity contribution >= 4 is 16.7 Å². The van der Waals surface area contributed by atoms with E-state index in [4.69, 9.17) is 9.84 Å². The van der Waals surface area contributed by atoms with Gasteiger partial charge in [-0.15, -0.1) is 0 Å². The van der Waals surface area contributed by atoms with E-state index in [0.717, 1.165) is 27.7 Å². The Kier molecular flexibility index (Phi) is 3.55. The van der Waals surface area contributed by atoms with Crippen LogP contribution >= 0.6 is 0 Å². The molecule has 2 aromatic carbocycles. The molecule has 0 aliphatic carbocycles. The van der Waals surface area contributed by atoms with Gasteiger partial charge in [0.25, 0.3) is 0 Å². The first kappa shape index (κ1) is 14.1. The van der Waals surface area contributed by atoms with Crippen molar-refractivity contribution in [1.29, 1.82) is 0 Å². The van der Waals surface area contributed by atoms with Crippen LogP contribution in [0.1, 0.15) is 11.4 Å². The molecule has 0 atom stereocenters. The minimum absolute atomic E-state index is 0.385. The summed E-state index contributed by atoms with van der Waals surface area (Å²) < 4.78 is 5.45. The van der Waals surface area contributed by atoms with Gasteiger partial charge in [0.15, 0.2) is 6.61 Å². The maximum atomic E-state index is 10.8. The number of carbonyl (C=O) groups is 1. The van der Waals surface area contributed by atoms with Crippen molar-refractivity contribution < 1.29 is 14.6 Å². The highest BCUT2D eigenvalue weighted by Crippen LogP contribution is 2.36. The number of aliphatic carboxylic acids is 1. The predicted molar refractivity (Wildman–Crippen MR) is 84.1 cm³/mol. The molecule has 0 saturated heterocycles. The lowest BCUT2D eigenvalue weighted by Crippen LogP contribution is -2.10. The van der Waals surface area contributed by atoms with Crippen molar-refractivity contribution in [2.24, 2.45) is 0 Å². The SMILES string of the molecule is Cc1nc(-c2c(OCC(=O)O)ccc3ccccc23)[nH]c1C. The Morgan fingerprint density at radius 3 is 2.68 bits per heavy atom. The molecule has 3 rings (SSSR count). The molecule has 0 unspecified atom stereocenters. The summed E-state index contributed by atoms with van der Waals surface area (Å²) in [7, 11) is 0. The van der Waals surface area contributed by atoms with Gasteiger partial charge in [-0.05, 0) is 30.7 Å². The smallest absolute Gasteiger partial charge is 0.341 e. The molecule has 0 amide bonds. The first-order chi connectivity index (χ1) is 10.6. The number of rotatable bonds is 4. The molecule has 0 aliphatic heterocycles. The molecule has 5 heteroatoms. The molecule has 1 heterocycles. The third-order valence-electron chi connectivity index (χ3n) is 3.61. The minimum atomic E-state index is -1.01. The Bertz CT molecular complexity index is 833. The third kappa shape index (κ3) is 2.53. The van der Waals surface area contributed by atoms with Crippen LogP contribution in [0.15, 0.2) is 36.4 Å². The molecule has 0 radical (unpaired) electrons. The van der Waals surface area contributed by atoms with Crippen LogP contribution in [0.25, 0.3) is 22.2 Å². The van der Waals surface area contributed by atoms with Gasteiger partial charge in [-0.1, -0.05) is 30.3 Å². The molecule has 0 fully saturated rings. The number of imidazole rings is 1. The summed E-state index contributed by atoms with van der Waals surface area (Å²) in [4.78, 5) is 18.6. The maximum absolute atomic E-state index is 10.8. The number of ether oxygens (including phenoxy) is 1. The van der Waals surface area contributed by atoms with E-state index in [-0.39, 0.29) is 6.61 Å². The van der Waals surface area contributed by atoms with E-state index in [9.17, 15) is 4.79 Å². The summed E-state index contributed by atoms with van der Waals surface area (Å²) in [6.45, 7) is 3.50. The van der Waals surface area contributed by atoms with E-state index >= 15 is 0 Å². The summed E-state index contributed by atoms with van der Waals surface area (Å²) in [5, 5.41) is 10.9. The molecule has 0 saturated carbocycles. The van der Waals surface area contributed by atoms with Gasteiger partial charge in [0.2, 0.25) is 0 Å². The van der Waals surface area contributed by atoms with Gasteiger partial charge in [-0.3, -0.25) is 0 Å². The first-order valence-electron chi connectivity index (χ1n) is 6.96. The quantitative estimate of drug-likeness (QED) is 0.774. The summed E-state index contributed by atoms with van der Waals surface area (Å²) >= 11 is 0. The number of nitrogens with zero attached hydrogens (tertiary/aromatic N) is 1. The van der Waals surface area contributed by atoms with Gasteiger partial charge >= 0.3 is 5.97 Å². The maximum Gasteiger partial charge on any atom is 0.341 e. The van der Waals surface area contributed by atoms with Crippen LogP contribution in [0, 0.1) is 13.8 Å². The molecule has 5 nitrogen and oxygen atoms in total. The Morgan fingerprint density at radius 2 is 2.00 bits per heavy atom. The summed E-state index contributed by atoms with van der Waals surface area (Å²) in [5.74, 6) is 0.188. The number of aromatic amines is 1. The largest absolute Gasteiger partial charge is 0.481 e. The van der Waals surface area contributed by atoms with Crippen molar-refractivity contribution in [2.75, 3.05) is 6.61 Å². The molecule has 1 aromatic heterocycles. The van der Waals surface area contributed by atoms with Crippen LogP contribution in [0.3, 0.4) is 0 Å². The Balaban J connectivity index is 2.22. The summed E-state index contributed by atoms with van der Waals surface area (Å²) in [5.41, 5.74) is 2.68. The zero-order valence-corrected chi connectivity index (χ0v) is 12.4. The van der Waals surface area contributed by atoms with E-state index < -0.39 is 5.97 Å². The molecule has 3 aromatic rings. The highest BCUT2D eigenvalue weighted by Gasteiger charge is 2.16. The van der Waals surface area contributed by atoms with Crippen LogP contribution in [0.4, 0.5) is 0 Å². The molecular formula is C17H16N2O3. The lowest BCUT2D eigenvalue weighted by molar-refractivity contribution is -0.139. The lowest BCUT2D eigenvalue weighted by atomic mass is 10.0. The number of carboxylic acid groups (broad SMARTS) is 1. The number of hydrogen-bond donors (Lipinski definition) is 2. The molecule has 0 spiro atoms. The molecular weight excluding hydrogens is 280 g/mol. The second kappa shape index (κ2) is 5.52. The molecule has 0 bridgehead atoms. The number of aromatic nitrogens is 2. The van der Waals surface area contributed by atoms with E-state index in [1.807, 2.05) is 44.2 Å². The van der Waals surface area contributed by atoms with E-state index in [1.54, 1.807) is 6.07 Å². The highest BCUT2D eigenvalue weighted by molar-refractivity contribution is 5.98. The van der Waals surface area contributed by atoms with Crippen molar-refractivity contribution in [2.45, 2.75) is 13.8 Å². The molecule has 0 aliphatic rings. The van der Waals surface area contributed by atoms with Crippen molar-refractivity contribution in [3.05, 3.63) is 47.8 Å². The van der Waals surface area contributed by atoms with Crippen molar-refractivity contribution in [3.63, 3.8) is 0 Å². The fourth-order valence-corrected chi connectivity index (χ4v) is 2.42. The Hall–Kier alpha value is -2.82. The van der Waals surface area contributed by atoms with Crippen molar-refractivity contribution in [1.82, 2.24) is 9.97 Å². The molecule has 2 N–H and O–H groups in total. The van der Waals surface area contributed by atoms with Crippen LogP contribution in [-0.2, 0) is 4.79 Å². The number of carboxylic acids is 1.